The van der Waals surface area contributed by atoms with Crippen LogP contribution in [0.2, 0.25) is 0 Å². The normalized spacial score (nSPS) is 14.8. The van der Waals surface area contributed by atoms with Crippen LogP contribution in [-0.2, 0) is 0 Å². The van der Waals surface area contributed by atoms with Crippen LogP contribution in [0, 0.1) is 5.82 Å². The number of halogens is 1. The number of rotatable bonds is 3. The Morgan fingerprint density at radius 3 is 2.89 bits per heavy atom. The van der Waals surface area contributed by atoms with Gasteiger partial charge in [0.2, 0.25) is 0 Å². The van der Waals surface area contributed by atoms with Crippen molar-refractivity contribution in [2.24, 2.45) is 0 Å². The molecule has 1 aromatic heterocycles. The molecular formula is C13H14FN3O. The number of anilines is 1. The molecule has 0 aliphatic heterocycles. The predicted molar refractivity (Wildman–Crippen MR) is 66.9 cm³/mol. The zero-order chi connectivity index (χ0) is 12.7. The van der Waals surface area contributed by atoms with Crippen LogP contribution < -0.4 is 10.5 Å². The quantitative estimate of drug-likeness (QED) is 0.876. The van der Waals surface area contributed by atoms with E-state index in [0.29, 0.717) is 23.0 Å². The van der Waals surface area contributed by atoms with E-state index in [0.717, 1.165) is 24.1 Å². The van der Waals surface area contributed by atoms with Crippen LogP contribution in [-0.4, -0.2) is 17.3 Å². The molecule has 5 heteroatoms. The first-order valence-electron chi connectivity index (χ1n) is 5.88. The average molecular weight is 247 g/mol. The number of nitrogen functional groups attached to an aromatic ring is 1. The summed E-state index contributed by atoms with van der Waals surface area (Å²) in [5.41, 5.74) is 8.31. The Labute approximate surface area is 104 Å². The number of nitrogens with two attached hydrogens (primary N) is 1. The SMILES string of the molecule is COc1ccc(F)cc1-c1c(N)n[nH]c1C1CC1. The van der Waals surface area contributed by atoms with Crippen molar-refractivity contribution in [2.45, 2.75) is 18.8 Å². The summed E-state index contributed by atoms with van der Waals surface area (Å²) in [6.07, 6.45) is 2.23. The Morgan fingerprint density at radius 2 is 2.22 bits per heavy atom. The van der Waals surface area contributed by atoms with Gasteiger partial charge in [-0.25, -0.2) is 4.39 Å². The van der Waals surface area contributed by atoms with Crippen molar-refractivity contribution in [3.63, 3.8) is 0 Å². The molecule has 0 bridgehead atoms. The summed E-state index contributed by atoms with van der Waals surface area (Å²) in [5.74, 6) is 1.14. The van der Waals surface area contributed by atoms with Crippen molar-refractivity contribution in [1.29, 1.82) is 0 Å². The lowest BCUT2D eigenvalue weighted by atomic mass is 10.0. The minimum atomic E-state index is -0.312. The third-order valence-corrected chi connectivity index (χ3v) is 3.24. The van der Waals surface area contributed by atoms with Gasteiger partial charge in [0.1, 0.15) is 11.6 Å². The smallest absolute Gasteiger partial charge is 0.153 e. The molecule has 1 saturated carbocycles. The van der Waals surface area contributed by atoms with Crippen LogP contribution in [0.5, 0.6) is 5.75 Å². The van der Waals surface area contributed by atoms with Gasteiger partial charge in [0.05, 0.1) is 12.7 Å². The number of nitrogens with one attached hydrogen (secondary N) is 1. The first-order valence-corrected chi connectivity index (χ1v) is 5.88. The third-order valence-electron chi connectivity index (χ3n) is 3.24. The van der Waals surface area contributed by atoms with E-state index in [1.165, 1.54) is 12.1 Å². The van der Waals surface area contributed by atoms with E-state index < -0.39 is 0 Å². The molecule has 0 spiro atoms. The highest BCUT2D eigenvalue weighted by Crippen LogP contribution is 2.46. The molecule has 1 aliphatic rings. The molecule has 0 unspecified atom stereocenters. The fourth-order valence-electron chi connectivity index (χ4n) is 2.20. The number of aromatic amines is 1. The highest BCUT2D eigenvalue weighted by Gasteiger charge is 2.30. The third kappa shape index (κ3) is 1.72. The van der Waals surface area contributed by atoms with Gasteiger partial charge in [0, 0.05) is 17.2 Å². The van der Waals surface area contributed by atoms with Crippen molar-refractivity contribution < 1.29 is 9.13 Å². The van der Waals surface area contributed by atoms with E-state index in [-0.39, 0.29) is 5.82 Å². The number of methoxy groups -OCH3 is 1. The van der Waals surface area contributed by atoms with Crippen molar-refractivity contribution in [1.82, 2.24) is 10.2 Å². The molecule has 2 aromatic rings. The number of hydrogen-bond donors (Lipinski definition) is 2. The first kappa shape index (κ1) is 11.1. The number of hydrogen-bond acceptors (Lipinski definition) is 3. The van der Waals surface area contributed by atoms with Crippen molar-refractivity contribution in [2.75, 3.05) is 12.8 Å². The van der Waals surface area contributed by atoms with Gasteiger partial charge in [-0.15, -0.1) is 0 Å². The standard InChI is InChI=1S/C13H14FN3O/c1-18-10-5-4-8(14)6-9(10)11-12(7-2-3-7)16-17-13(11)15/h4-7H,2-3H2,1H3,(H3,15,16,17). The molecule has 94 valence electrons. The van der Waals surface area contributed by atoms with Crippen LogP contribution in [0.4, 0.5) is 10.2 Å². The van der Waals surface area contributed by atoms with Gasteiger partial charge in [-0.1, -0.05) is 0 Å². The Balaban J connectivity index is 2.19. The van der Waals surface area contributed by atoms with E-state index in [2.05, 4.69) is 10.2 Å². The van der Waals surface area contributed by atoms with Crippen molar-refractivity contribution in [3.8, 4) is 16.9 Å². The van der Waals surface area contributed by atoms with Gasteiger partial charge >= 0.3 is 0 Å². The number of aromatic nitrogens is 2. The largest absolute Gasteiger partial charge is 0.496 e. The number of H-pyrrole nitrogens is 1. The molecule has 1 aliphatic carbocycles. The Kier molecular flexibility index (Phi) is 2.47. The van der Waals surface area contributed by atoms with Crippen LogP contribution in [0.1, 0.15) is 24.5 Å². The second-order valence-electron chi connectivity index (χ2n) is 4.52. The molecule has 0 radical (unpaired) electrons. The van der Waals surface area contributed by atoms with Gasteiger partial charge < -0.3 is 10.5 Å². The van der Waals surface area contributed by atoms with Crippen molar-refractivity contribution in [3.05, 3.63) is 29.7 Å². The summed E-state index contributed by atoms with van der Waals surface area (Å²) in [5, 5.41) is 6.99. The maximum absolute atomic E-state index is 13.4. The first-order chi connectivity index (χ1) is 8.70. The maximum Gasteiger partial charge on any atom is 0.153 e. The molecule has 18 heavy (non-hydrogen) atoms. The average Bonchev–Trinajstić information content (AvgIpc) is 3.13. The highest BCUT2D eigenvalue weighted by atomic mass is 19.1. The van der Waals surface area contributed by atoms with Gasteiger partial charge in [-0.2, -0.15) is 5.10 Å². The number of nitrogens with zero attached hydrogens (tertiary/aromatic N) is 1. The predicted octanol–water partition coefficient (Wildman–Crippen LogP) is 2.68. The molecule has 0 atom stereocenters. The summed E-state index contributed by atoms with van der Waals surface area (Å²) >= 11 is 0. The van der Waals surface area contributed by atoms with Gasteiger partial charge in [0.25, 0.3) is 0 Å². The number of ether oxygens (including phenoxy) is 1. The molecule has 1 aromatic carbocycles. The Morgan fingerprint density at radius 1 is 1.44 bits per heavy atom. The molecule has 3 N–H and O–H groups in total. The van der Waals surface area contributed by atoms with Crippen LogP contribution in [0.15, 0.2) is 18.2 Å². The zero-order valence-electron chi connectivity index (χ0n) is 10.0. The summed E-state index contributed by atoms with van der Waals surface area (Å²) in [7, 11) is 1.56. The van der Waals surface area contributed by atoms with Crippen LogP contribution in [0.25, 0.3) is 11.1 Å². The van der Waals surface area contributed by atoms with E-state index >= 15 is 0 Å². The highest BCUT2D eigenvalue weighted by molar-refractivity contribution is 5.81. The second-order valence-corrected chi connectivity index (χ2v) is 4.52. The Hall–Kier alpha value is -2.04. The minimum absolute atomic E-state index is 0.312. The molecule has 0 amide bonds. The van der Waals surface area contributed by atoms with Crippen LogP contribution in [0.3, 0.4) is 0 Å². The second kappa shape index (κ2) is 4.01. The van der Waals surface area contributed by atoms with Gasteiger partial charge in [0.15, 0.2) is 5.82 Å². The van der Waals surface area contributed by atoms with E-state index in [1.807, 2.05) is 0 Å². The minimum Gasteiger partial charge on any atom is -0.496 e. The molecule has 0 saturated heterocycles. The lowest BCUT2D eigenvalue weighted by Crippen LogP contribution is -1.94. The van der Waals surface area contributed by atoms with Gasteiger partial charge in [-0.05, 0) is 31.0 Å². The Bertz CT molecular complexity index is 590. The summed E-state index contributed by atoms with van der Waals surface area (Å²) < 4.78 is 18.7. The van der Waals surface area contributed by atoms with Gasteiger partial charge in [-0.3, -0.25) is 5.10 Å². The van der Waals surface area contributed by atoms with E-state index in [1.54, 1.807) is 13.2 Å². The number of benzene rings is 1. The summed E-state index contributed by atoms with van der Waals surface area (Å²) in [6, 6.07) is 4.41. The van der Waals surface area contributed by atoms with E-state index in [4.69, 9.17) is 10.5 Å². The molecule has 1 heterocycles. The van der Waals surface area contributed by atoms with Crippen molar-refractivity contribution >= 4 is 5.82 Å². The fraction of sp³-hybridized carbons (Fsp3) is 0.308. The molecule has 3 rings (SSSR count). The molecule has 1 fully saturated rings. The molecule has 4 nitrogen and oxygen atoms in total. The van der Waals surface area contributed by atoms with E-state index in [9.17, 15) is 4.39 Å². The van der Waals surface area contributed by atoms with Crippen LogP contribution >= 0.6 is 0 Å². The monoisotopic (exact) mass is 247 g/mol. The fourth-order valence-corrected chi connectivity index (χ4v) is 2.20. The zero-order valence-corrected chi connectivity index (χ0v) is 10.0. The summed E-state index contributed by atoms with van der Waals surface area (Å²) in [6.45, 7) is 0. The summed E-state index contributed by atoms with van der Waals surface area (Å²) in [4.78, 5) is 0. The lowest BCUT2D eigenvalue weighted by Gasteiger charge is -2.09. The topological polar surface area (TPSA) is 63.9 Å². The maximum atomic E-state index is 13.4. The molecular weight excluding hydrogens is 233 g/mol. The lowest BCUT2D eigenvalue weighted by molar-refractivity contribution is 0.415.